The maximum absolute atomic E-state index is 11.8. The quantitative estimate of drug-likeness (QED) is 0.276. The molecule has 1 unspecified atom stereocenters. The Labute approximate surface area is 111 Å². The SMILES string of the molecule is C/C(=N/O)C(=N)C(=O)NC(C=O)C(C1CC1)C1CC1. The third-order valence-corrected chi connectivity index (χ3v) is 3.93. The number of nitrogens with one attached hydrogen (secondary N) is 2. The third-order valence-electron chi connectivity index (χ3n) is 3.93. The number of amides is 1. The van der Waals surface area contributed by atoms with Crippen LogP contribution in [0.3, 0.4) is 0 Å². The highest BCUT2D eigenvalue weighted by Gasteiger charge is 2.46. The number of rotatable bonds is 7. The van der Waals surface area contributed by atoms with Gasteiger partial charge in [0.15, 0.2) is 0 Å². The molecule has 0 aromatic rings. The van der Waals surface area contributed by atoms with Crippen LogP contribution in [-0.2, 0) is 9.59 Å². The van der Waals surface area contributed by atoms with Crippen LogP contribution in [0, 0.1) is 23.2 Å². The number of hydrogen-bond donors (Lipinski definition) is 3. The van der Waals surface area contributed by atoms with Crippen LogP contribution in [0.4, 0.5) is 0 Å². The van der Waals surface area contributed by atoms with Crippen molar-refractivity contribution in [3.05, 3.63) is 0 Å². The molecule has 0 aromatic heterocycles. The zero-order valence-electron chi connectivity index (χ0n) is 10.9. The van der Waals surface area contributed by atoms with Gasteiger partial charge in [0, 0.05) is 0 Å². The van der Waals surface area contributed by atoms with E-state index < -0.39 is 17.7 Å². The van der Waals surface area contributed by atoms with Crippen LogP contribution >= 0.6 is 0 Å². The summed E-state index contributed by atoms with van der Waals surface area (Å²) in [5.74, 6) is 0.619. The molecule has 2 rings (SSSR count). The minimum atomic E-state index is -0.654. The van der Waals surface area contributed by atoms with Gasteiger partial charge in [0.2, 0.25) is 0 Å². The number of oxime groups is 1. The lowest BCUT2D eigenvalue weighted by Crippen LogP contribution is -2.47. The Kier molecular flexibility index (Phi) is 3.97. The Hall–Kier alpha value is -1.72. The van der Waals surface area contributed by atoms with Crippen LogP contribution in [-0.4, -0.2) is 34.9 Å². The molecule has 1 amide bonds. The van der Waals surface area contributed by atoms with Crippen LogP contribution < -0.4 is 5.32 Å². The number of hydrogen-bond acceptors (Lipinski definition) is 5. The predicted molar refractivity (Wildman–Crippen MR) is 69.6 cm³/mol. The van der Waals surface area contributed by atoms with Gasteiger partial charge in [0.05, 0.1) is 6.04 Å². The first kappa shape index (κ1) is 13.7. The van der Waals surface area contributed by atoms with Crippen LogP contribution in [0.2, 0.25) is 0 Å². The minimum Gasteiger partial charge on any atom is -0.411 e. The van der Waals surface area contributed by atoms with E-state index in [1.807, 2.05) is 0 Å². The van der Waals surface area contributed by atoms with Crippen LogP contribution in [0.15, 0.2) is 5.16 Å². The van der Waals surface area contributed by atoms with Gasteiger partial charge < -0.3 is 15.3 Å². The monoisotopic (exact) mass is 265 g/mol. The highest BCUT2D eigenvalue weighted by Crippen LogP contribution is 2.50. The molecular weight excluding hydrogens is 246 g/mol. The summed E-state index contributed by atoms with van der Waals surface area (Å²) in [7, 11) is 0. The summed E-state index contributed by atoms with van der Waals surface area (Å²) in [5, 5.41) is 21.5. The van der Waals surface area contributed by atoms with Crippen molar-refractivity contribution in [1.82, 2.24) is 5.32 Å². The van der Waals surface area contributed by atoms with Crippen LogP contribution in [0.1, 0.15) is 32.6 Å². The maximum Gasteiger partial charge on any atom is 0.271 e. The van der Waals surface area contributed by atoms with E-state index in [-0.39, 0.29) is 11.6 Å². The summed E-state index contributed by atoms with van der Waals surface area (Å²) >= 11 is 0. The molecule has 1 atom stereocenters. The Balaban J connectivity index is 2.00. The Morgan fingerprint density at radius 3 is 2.26 bits per heavy atom. The number of aldehydes is 1. The average molecular weight is 265 g/mol. The second-order valence-electron chi connectivity index (χ2n) is 5.45. The van der Waals surface area contributed by atoms with E-state index in [0.29, 0.717) is 11.8 Å². The summed E-state index contributed by atoms with van der Waals surface area (Å²) in [6.07, 6.45) is 5.26. The molecule has 0 radical (unpaired) electrons. The number of carbonyl (C=O) groups excluding carboxylic acids is 2. The number of carbonyl (C=O) groups is 2. The first-order valence-electron chi connectivity index (χ1n) is 6.62. The highest BCUT2D eigenvalue weighted by molar-refractivity contribution is 6.65. The smallest absolute Gasteiger partial charge is 0.271 e. The molecule has 2 aliphatic carbocycles. The molecule has 0 aliphatic heterocycles. The molecule has 6 nitrogen and oxygen atoms in total. The second kappa shape index (κ2) is 5.50. The summed E-state index contributed by atoms with van der Waals surface area (Å²) in [6.45, 7) is 1.37. The van der Waals surface area contributed by atoms with Gasteiger partial charge in [-0.25, -0.2) is 0 Å². The van der Waals surface area contributed by atoms with E-state index >= 15 is 0 Å². The Morgan fingerprint density at radius 2 is 1.89 bits per heavy atom. The average Bonchev–Trinajstić information content (AvgIpc) is 3.28. The van der Waals surface area contributed by atoms with Crippen LogP contribution in [0.5, 0.6) is 0 Å². The van der Waals surface area contributed by atoms with Crippen molar-refractivity contribution in [3.63, 3.8) is 0 Å². The topological polar surface area (TPSA) is 103 Å². The normalized spacial score (nSPS) is 21.1. The van der Waals surface area contributed by atoms with Crippen molar-refractivity contribution in [2.45, 2.75) is 38.6 Å². The summed E-state index contributed by atoms with van der Waals surface area (Å²) < 4.78 is 0. The van der Waals surface area contributed by atoms with Gasteiger partial charge in [-0.1, -0.05) is 5.16 Å². The largest absolute Gasteiger partial charge is 0.411 e. The van der Waals surface area contributed by atoms with Crippen molar-refractivity contribution in [2.75, 3.05) is 0 Å². The Bertz CT molecular complexity index is 413. The molecule has 19 heavy (non-hydrogen) atoms. The molecule has 2 aliphatic rings. The first-order valence-corrected chi connectivity index (χ1v) is 6.62. The second-order valence-corrected chi connectivity index (χ2v) is 5.45. The standard InChI is InChI=1S/C13H19N3O3/c1-7(16-19)12(14)13(18)15-10(6-17)11(8-2-3-8)9-4-5-9/h6,8-11,14,19H,2-5H2,1H3,(H,15,18)/b14-12?,16-7-. The molecule has 0 spiro atoms. The van der Waals surface area contributed by atoms with Crippen molar-refractivity contribution in [3.8, 4) is 0 Å². The van der Waals surface area contributed by atoms with E-state index in [4.69, 9.17) is 10.6 Å². The van der Waals surface area contributed by atoms with E-state index in [9.17, 15) is 9.59 Å². The fourth-order valence-electron chi connectivity index (χ4n) is 2.59. The molecular formula is C13H19N3O3. The van der Waals surface area contributed by atoms with Crippen LogP contribution in [0.25, 0.3) is 0 Å². The van der Waals surface area contributed by atoms with Gasteiger partial charge in [-0.3, -0.25) is 10.2 Å². The summed E-state index contributed by atoms with van der Waals surface area (Å²) in [6, 6.07) is -0.528. The van der Waals surface area contributed by atoms with Gasteiger partial charge in [-0.05, 0) is 50.4 Å². The molecule has 6 heteroatoms. The van der Waals surface area contributed by atoms with Gasteiger partial charge in [0.1, 0.15) is 17.7 Å². The maximum atomic E-state index is 11.8. The molecule has 104 valence electrons. The lowest BCUT2D eigenvalue weighted by atomic mass is 9.90. The fraction of sp³-hybridized carbons (Fsp3) is 0.692. The zero-order chi connectivity index (χ0) is 14.0. The fourth-order valence-corrected chi connectivity index (χ4v) is 2.59. The van der Waals surface area contributed by atoms with E-state index in [1.165, 1.54) is 6.92 Å². The van der Waals surface area contributed by atoms with Gasteiger partial charge in [-0.15, -0.1) is 0 Å². The number of nitrogens with zero attached hydrogens (tertiary/aromatic N) is 1. The third kappa shape index (κ3) is 3.19. The van der Waals surface area contributed by atoms with E-state index in [2.05, 4.69) is 10.5 Å². The van der Waals surface area contributed by atoms with Gasteiger partial charge in [0.25, 0.3) is 5.91 Å². The van der Waals surface area contributed by atoms with E-state index in [0.717, 1.165) is 32.0 Å². The summed E-state index contributed by atoms with van der Waals surface area (Å²) in [5.41, 5.74) is -0.462. The lowest BCUT2D eigenvalue weighted by Gasteiger charge is -2.23. The van der Waals surface area contributed by atoms with E-state index in [1.54, 1.807) is 0 Å². The molecule has 3 N–H and O–H groups in total. The molecule has 2 fully saturated rings. The minimum absolute atomic E-state index is 0.0588. The predicted octanol–water partition coefficient (Wildman–Crippen LogP) is 0.976. The van der Waals surface area contributed by atoms with Gasteiger partial charge in [-0.2, -0.15) is 0 Å². The van der Waals surface area contributed by atoms with Crippen molar-refractivity contribution in [1.29, 1.82) is 5.41 Å². The first-order chi connectivity index (χ1) is 9.08. The molecule has 2 saturated carbocycles. The molecule has 0 bridgehead atoms. The van der Waals surface area contributed by atoms with Crippen molar-refractivity contribution < 1.29 is 14.8 Å². The molecule has 0 aromatic carbocycles. The molecule has 0 saturated heterocycles. The highest BCUT2D eigenvalue weighted by atomic mass is 16.4. The molecule has 0 heterocycles. The summed E-state index contributed by atoms with van der Waals surface area (Å²) in [4.78, 5) is 23.1. The lowest BCUT2D eigenvalue weighted by molar-refractivity contribution is -0.120. The van der Waals surface area contributed by atoms with Crippen molar-refractivity contribution in [2.24, 2.45) is 22.9 Å². The van der Waals surface area contributed by atoms with Gasteiger partial charge >= 0.3 is 0 Å². The Morgan fingerprint density at radius 1 is 1.37 bits per heavy atom. The zero-order valence-corrected chi connectivity index (χ0v) is 10.9. The van der Waals surface area contributed by atoms with Crippen molar-refractivity contribution >= 4 is 23.6 Å².